The van der Waals surface area contributed by atoms with Gasteiger partial charge in [0, 0.05) is 41.6 Å². The van der Waals surface area contributed by atoms with Gasteiger partial charge in [-0.25, -0.2) is 0 Å². The van der Waals surface area contributed by atoms with Crippen molar-refractivity contribution in [3.05, 3.63) is 58.6 Å². The van der Waals surface area contributed by atoms with E-state index < -0.39 is 0 Å². The maximum absolute atomic E-state index is 13.3. The molecule has 1 unspecified atom stereocenters. The van der Waals surface area contributed by atoms with Crippen molar-refractivity contribution in [2.45, 2.75) is 25.7 Å². The molecule has 2 heterocycles. The van der Waals surface area contributed by atoms with E-state index in [1.54, 1.807) is 29.2 Å². The Morgan fingerprint density at radius 2 is 1.82 bits per heavy atom. The van der Waals surface area contributed by atoms with Gasteiger partial charge in [0.05, 0.1) is 5.92 Å². The molecule has 2 N–H and O–H groups in total. The standard InChI is InChI=1S/C22H24ClN3O2/c23-17-10-8-15(9-11-17)21(27)25-12-2-4-16(14-25)22(28)26-13-3-5-18-19(24)6-1-7-20(18)26/h1,6-11,16H,2-5,12-14,24H2. The molecule has 0 aromatic heterocycles. The van der Waals surface area contributed by atoms with Crippen LogP contribution in [0.5, 0.6) is 0 Å². The molecular formula is C22H24ClN3O2. The molecule has 2 aromatic rings. The van der Waals surface area contributed by atoms with E-state index in [4.69, 9.17) is 17.3 Å². The molecule has 28 heavy (non-hydrogen) atoms. The van der Waals surface area contributed by atoms with Gasteiger partial charge in [-0.05, 0) is 67.6 Å². The zero-order valence-corrected chi connectivity index (χ0v) is 16.5. The number of amides is 2. The van der Waals surface area contributed by atoms with Crippen LogP contribution in [0.3, 0.4) is 0 Å². The van der Waals surface area contributed by atoms with Crippen molar-refractivity contribution in [1.29, 1.82) is 0 Å². The van der Waals surface area contributed by atoms with Crippen molar-refractivity contribution in [2.24, 2.45) is 5.92 Å². The van der Waals surface area contributed by atoms with Gasteiger partial charge in [0.1, 0.15) is 0 Å². The van der Waals surface area contributed by atoms with E-state index in [1.165, 1.54) is 0 Å². The van der Waals surface area contributed by atoms with Gasteiger partial charge in [-0.2, -0.15) is 0 Å². The first-order chi connectivity index (χ1) is 13.5. The molecule has 4 rings (SSSR count). The van der Waals surface area contributed by atoms with E-state index in [0.29, 0.717) is 30.2 Å². The van der Waals surface area contributed by atoms with Gasteiger partial charge in [-0.15, -0.1) is 0 Å². The van der Waals surface area contributed by atoms with E-state index in [2.05, 4.69) is 0 Å². The number of benzene rings is 2. The average molecular weight is 398 g/mol. The SMILES string of the molecule is Nc1cccc2c1CCCN2C(=O)C1CCCN(C(=O)c2ccc(Cl)cc2)C1. The number of piperidine rings is 1. The monoisotopic (exact) mass is 397 g/mol. The average Bonchev–Trinajstić information content (AvgIpc) is 2.73. The number of hydrogen-bond acceptors (Lipinski definition) is 3. The van der Waals surface area contributed by atoms with Crippen LogP contribution in [0.15, 0.2) is 42.5 Å². The van der Waals surface area contributed by atoms with Gasteiger partial charge in [-0.1, -0.05) is 17.7 Å². The van der Waals surface area contributed by atoms with Gasteiger partial charge in [-0.3, -0.25) is 9.59 Å². The van der Waals surface area contributed by atoms with Crippen molar-refractivity contribution < 1.29 is 9.59 Å². The Morgan fingerprint density at radius 1 is 1.04 bits per heavy atom. The Kier molecular flexibility index (Phi) is 5.27. The van der Waals surface area contributed by atoms with Gasteiger partial charge in [0.2, 0.25) is 5.91 Å². The lowest BCUT2D eigenvalue weighted by Gasteiger charge is -2.37. The third-order valence-electron chi connectivity index (χ3n) is 5.70. The zero-order valence-electron chi connectivity index (χ0n) is 15.7. The van der Waals surface area contributed by atoms with Crippen LogP contribution in [0.25, 0.3) is 0 Å². The summed E-state index contributed by atoms with van der Waals surface area (Å²) in [6.07, 6.45) is 3.44. The lowest BCUT2D eigenvalue weighted by Crippen LogP contribution is -2.48. The molecule has 0 saturated carbocycles. The summed E-state index contributed by atoms with van der Waals surface area (Å²) in [5.41, 5.74) is 9.46. The summed E-state index contributed by atoms with van der Waals surface area (Å²) in [6, 6.07) is 12.7. The van der Waals surface area contributed by atoms with Crippen LogP contribution in [-0.4, -0.2) is 36.3 Å². The van der Waals surface area contributed by atoms with E-state index in [1.807, 2.05) is 23.1 Å². The molecule has 5 nitrogen and oxygen atoms in total. The summed E-state index contributed by atoms with van der Waals surface area (Å²) in [7, 11) is 0. The lowest BCUT2D eigenvalue weighted by molar-refractivity contribution is -0.123. The summed E-state index contributed by atoms with van der Waals surface area (Å²) < 4.78 is 0. The molecule has 2 aromatic carbocycles. The highest BCUT2D eigenvalue weighted by Crippen LogP contribution is 2.33. The fourth-order valence-electron chi connectivity index (χ4n) is 4.24. The van der Waals surface area contributed by atoms with Crippen LogP contribution < -0.4 is 10.6 Å². The number of nitrogen functional groups attached to an aromatic ring is 1. The number of rotatable bonds is 2. The van der Waals surface area contributed by atoms with E-state index >= 15 is 0 Å². The first kappa shape index (κ1) is 18.8. The van der Waals surface area contributed by atoms with Crippen LogP contribution in [0.2, 0.25) is 5.02 Å². The molecule has 0 bridgehead atoms. The maximum Gasteiger partial charge on any atom is 0.253 e. The smallest absolute Gasteiger partial charge is 0.253 e. The third kappa shape index (κ3) is 3.59. The molecule has 0 aliphatic carbocycles. The van der Waals surface area contributed by atoms with Crippen LogP contribution >= 0.6 is 11.6 Å². The topological polar surface area (TPSA) is 66.6 Å². The fraction of sp³-hybridized carbons (Fsp3) is 0.364. The predicted octanol–water partition coefficient (Wildman–Crippen LogP) is 3.75. The molecule has 1 atom stereocenters. The maximum atomic E-state index is 13.3. The number of halogens is 1. The molecule has 1 saturated heterocycles. The summed E-state index contributed by atoms with van der Waals surface area (Å²) in [6.45, 7) is 1.83. The number of carbonyl (C=O) groups excluding carboxylic acids is 2. The Morgan fingerprint density at radius 3 is 2.61 bits per heavy atom. The largest absolute Gasteiger partial charge is 0.398 e. The second-order valence-corrected chi connectivity index (χ2v) is 7.97. The van der Waals surface area contributed by atoms with Gasteiger partial charge in [0.25, 0.3) is 5.91 Å². The predicted molar refractivity (Wildman–Crippen MR) is 112 cm³/mol. The third-order valence-corrected chi connectivity index (χ3v) is 5.95. The molecule has 1 fully saturated rings. The van der Waals surface area contributed by atoms with Crippen LogP contribution in [0, 0.1) is 5.92 Å². The molecule has 2 aliphatic heterocycles. The van der Waals surface area contributed by atoms with Gasteiger partial charge < -0.3 is 15.5 Å². The Labute approximate surface area is 170 Å². The zero-order chi connectivity index (χ0) is 19.7. The summed E-state index contributed by atoms with van der Waals surface area (Å²) >= 11 is 5.92. The minimum atomic E-state index is -0.183. The van der Waals surface area contributed by atoms with Crippen LogP contribution in [-0.2, 0) is 11.2 Å². The quantitative estimate of drug-likeness (QED) is 0.784. The molecule has 6 heteroatoms. The van der Waals surface area contributed by atoms with Crippen LogP contribution in [0.1, 0.15) is 35.2 Å². The Balaban J connectivity index is 1.51. The number of nitrogens with zero attached hydrogens (tertiary/aromatic N) is 2. The number of carbonyl (C=O) groups is 2. The van der Waals surface area contributed by atoms with Gasteiger partial charge >= 0.3 is 0 Å². The molecule has 146 valence electrons. The van der Waals surface area contributed by atoms with Crippen molar-refractivity contribution in [2.75, 3.05) is 30.3 Å². The van der Waals surface area contributed by atoms with Crippen LogP contribution in [0.4, 0.5) is 11.4 Å². The molecular weight excluding hydrogens is 374 g/mol. The van der Waals surface area contributed by atoms with Crippen molar-refractivity contribution >= 4 is 34.8 Å². The molecule has 0 radical (unpaired) electrons. The van der Waals surface area contributed by atoms with E-state index in [9.17, 15) is 9.59 Å². The Hall–Kier alpha value is -2.53. The summed E-state index contributed by atoms with van der Waals surface area (Å²) in [5.74, 6) is -0.130. The van der Waals surface area contributed by atoms with E-state index in [-0.39, 0.29) is 17.7 Å². The number of anilines is 2. The van der Waals surface area contributed by atoms with E-state index in [0.717, 1.165) is 42.6 Å². The lowest BCUT2D eigenvalue weighted by atomic mass is 9.93. The molecule has 2 amide bonds. The summed E-state index contributed by atoms with van der Waals surface area (Å²) in [4.78, 5) is 29.8. The minimum Gasteiger partial charge on any atom is -0.398 e. The highest BCUT2D eigenvalue weighted by Gasteiger charge is 2.34. The second-order valence-electron chi connectivity index (χ2n) is 7.54. The molecule has 0 spiro atoms. The van der Waals surface area contributed by atoms with Crippen molar-refractivity contribution in [3.8, 4) is 0 Å². The normalized spacial score (nSPS) is 19.2. The van der Waals surface area contributed by atoms with Crippen molar-refractivity contribution in [3.63, 3.8) is 0 Å². The second kappa shape index (κ2) is 7.84. The summed E-state index contributed by atoms with van der Waals surface area (Å²) in [5, 5.41) is 0.603. The fourth-order valence-corrected chi connectivity index (χ4v) is 4.37. The number of fused-ring (bicyclic) bond motifs is 1. The first-order valence-corrected chi connectivity index (χ1v) is 10.2. The van der Waals surface area contributed by atoms with Gasteiger partial charge in [0.15, 0.2) is 0 Å². The number of likely N-dealkylation sites (tertiary alicyclic amines) is 1. The van der Waals surface area contributed by atoms with Crippen molar-refractivity contribution in [1.82, 2.24) is 4.90 Å². The minimum absolute atomic E-state index is 0.0440. The highest BCUT2D eigenvalue weighted by molar-refractivity contribution is 6.30. The number of hydrogen-bond donors (Lipinski definition) is 1. The Bertz CT molecular complexity index is 897. The number of nitrogens with two attached hydrogens (primary N) is 1. The first-order valence-electron chi connectivity index (χ1n) is 9.78. The molecule has 2 aliphatic rings. The highest BCUT2D eigenvalue weighted by atomic mass is 35.5.